The molecular weight excluding hydrogens is 284 g/mol. The molecule has 0 aliphatic rings. The van der Waals surface area contributed by atoms with Gasteiger partial charge in [-0.25, -0.2) is 0 Å². The average Bonchev–Trinajstić information content (AvgIpc) is 2.53. The van der Waals surface area contributed by atoms with E-state index in [1.54, 1.807) is 6.20 Å². The number of nitrogens with two attached hydrogens (primary N) is 1. The lowest BCUT2D eigenvalue weighted by Gasteiger charge is -2.10. The molecule has 3 aromatic rings. The molecular formula is C17H15ClN2O. The summed E-state index contributed by atoms with van der Waals surface area (Å²) in [6.07, 6.45) is 1.79. The van der Waals surface area contributed by atoms with Crippen LogP contribution in [0.2, 0.25) is 5.02 Å². The van der Waals surface area contributed by atoms with E-state index in [1.165, 1.54) is 0 Å². The minimum atomic E-state index is 0.449. The van der Waals surface area contributed by atoms with Gasteiger partial charge in [-0.1, -0.05) is 35.9 Å². The molecule has 1 heterocycles. The van der Waals surface area contributed by atoms with Crippen molar-refractivity contribution in [1.82, 2.24) is 4.98 Å². The Kier molecular flexibility index (Phi) is 4.04. The van der Waals surface area contributed by atoms with Crippen molar-refractivity contribution in [1.29, 1.82) is 0 Å². The Morgan fingerprint density at radius 3 is 2.76 bits per heavy atom. The third kappa shape index (κ3) is 2.99. The largest absolute Gasteiger partial charge is 0.487 e. The van der Waals surface area contributed by atoms with Gasteiger partial charge in [0.15, 0.2) is 0 Å². The van der Waals surface area contributed by atoms with Crippen LogP contribution in [0.3, 0.4) is 0 Å². The van der Waals surface area contributed by atoms with Crippen molar-refractivity contribution in [2.45, 2.75) is 13.2 Å². The van der Waals surface area contributed by atoms with Gasteiger partial charge in [-0.2, -0.15) is 0 Å². The molecule has 1 aromatic heterocycles. The summed E-state index contributed by atoms with van der Waals surface area (Å²) in [6, 6.07) is 15.6. The number of aromatic nitrogens is 1. The van der Waals surface area contributed by atoms with Crippen LogP contribution in [-0.2, 0) is 13.2 Å². The normalized spacial score (nSPS) is 10.8. The monoisotopic (exact) mass is 298 g/mol. The third-order valence-electron chi connectivity index (χ3n) is 3.35. The quantitative estimate of drug-likeness (QED) is 0.794. The maximum Gasteiger partial charge on any atom is 0.138 e. The summed E-state index contributed by atoms with van der Waals surface area (Å²) >= 11 is 6.20. The summed E-state index contributed by atoms with van der Waals surface area (Å²) in [4.78, 5) is 4.34. The fraction of sp³-hybridized carbons (Fsp3) is 0.118. The Morgan fingerprint density at radius 1 is 1.10 bits per heavy atom. The van der Waals surface area contributed by atoms with Crippen molar-refractivity contribution < 1.29 is 4.74 Å². The maximum absolute atomic E-state index is 6.20. The summed E-state index contributed by atoms with van der Waals surface area (Å²) in [5.41, 5.74) is 8.62. The van der Waals surface area contributed by atoms with Gasteiger partial charge in [0.25, 0.3) is 0 Å². The summed E-state index contributed by atoms with van der Waals surface area (Å²) in [7, 11) is 0. The molecule has 2 aromatic carbocycles. The first-order valence-electron chi connectivity index (χ1n) is 6.72. The van der Waals surface area contributed by atoms with Crippen LogP contribution in [0, 0.1) is 0 Å². The van der Waals surface area contributed by atoms with Gasteiger partial charge in [0, 0.05) is 23.7 Å². The van der Waals surface area contributed by atoms with E-state index < -0.39 is 0 Å². The molecule has 21 heavy (non-hydrogen) atoms. The van der Waals surface area contributed by atoms with Crippen LogP contribution >= 0.6 is 11.6 Å². The van der Waals surface area contributed by atoms with Gasteiger partial charge in [-0.05, 0) is 29.8 Å². The summed E-state index contributed by atoms with van der Waals surface area (Å²) < 4.78 is 5.83. The van der Waals surface area contributed by atoms with Crippen LogP contribution in [0.25, 0.3) is 10.9 Å². The summed E-state index contributed by atoms with van der Waals surface area (Å²) in [6.45, 7) is 0.916. The average molecular weight is 299 g/mol. The van der Waals surface area contributed by atoms with E-state index in [2.05, 4.69) is 4.98 Å². The van der Waals surface area contributed by atoms with Crippen LogP contribution in [0.4, 0.5) is 0 Å². The van der Waals surface area contributed by atoms with E-state index in [0.29, 0.717) is 23.9 Å². The first-order valence-corrected chi connectivity index (χ1v) is 7.09. The molecule has 0 aliphatic carbocycles. The second-order valence-electron chi connectivity index (χ2n) is 4.74. The number of hydrogen-bond acceptors (Lipinski definition) is 3. The minimum absolute atomic E-state index is 0.449. The van der Waals surface area contributed by atoms with Crippen molar-refractivity contribution in [3.63, 3.8) is 0 Å². The van der Waals surface area contributed by atoms with Crippen molar-refractivity contribution in [2.24, 2.45) is 5.73 Å². The second-order valence-corrected chi connectivity index (χ2v) is 5.15. The van der Waals surface area contributed by atoms with Crippen LogP contribution < -0.4 is 10.5 Å². The highest BCUT2D eigenvalue weighted by Gasteiger charge is 2.05. The van der Waals surface area contributed by atoms with Crippen molar-refractivity contribution in [3.05, 3.63) is 70.9 Å². The highest BCUT2D eigenvalue weighted by molar-refractivity contribution is 6.32. The molecule has 106 valence electrons. The molecule has 3 rings (SSSR count). The number of rotatable bonds is 4. The van der Waals surface area contributed by atoms with E-state index in [-0.39, 0.29) is 0 Å². The van der Waals surface area contributed by atoms with Crippen molar-refractivity contribution in [3.8, 4) is 5.75 Å². The number of para-hydroxylation sites is 1. The van der Waals surface area contributed by atoms with E-state index in [4.69, 9.17) is 22.1 Å². The molecule has 0 radical (unpaired) electrons. The lowest BCUT2D eigenvalue weighted by molar-refractivity contribution is 0.307. The molecule has 4 heteroatoms. The van der Waals surface area contributed by atoms with E-state index >= 15 is 0 Å². The number of fused-ring (bicyclic) bond motifs is 1. The molecule has 0 atom stereocenters. The molecule has 0 saturated carbocycles. The topological polar surface area (TPSA) is 48.1 Å². The standard InChI is InChI=1S/C17H15ClN2O/c18-15-9-12(10-19)5-6-17(15)21-11-13-7-8-20-16-4-2-1-3-14(13)16/h1-9H,10-11,19H2. The molecule has 0 aliphatic heterocycles. The highest BCUT2D eigenvalue weighted by atomic mass is 35.5. The summed E-state index contributed by atoms with van der Waals surface area (Å²) in [5, 5.41) is 1.67. The predicted octanol–water partition coefficient (Wildman–Crippen LogP) is 3.93. The number of benzene rings is 2. The Labute approximate surface area is 128 Å². The molecule has 0 unspecified atom stereocenters. The zero-order valence-corrected chi connectivity index (χ0v) is 12.2. The SMILES string of the molecule is NCc1ccc(OCc2ccnc3ccccc23)c(Cl)c1. The fourth-order valence-corrected chi connectivity index (χ4v) is 2.48. The molecule has 3 nitrogen and oxygen atoms in total. The smallest absolute Gasteiger partial charge is 0.138 e. The van der Waals surface area contributed by atoms with Crippen LogP contribution in [0.15, 0.2) is 54.7 Å². The minimum Gasteiger partial charge on any atom is -0.487 e. The highest BCUT2D eigenvalue weighted by Crippen LogP contribution is 2.27. The van der Waals surface area contributed by atoms with Crippen molar-refractivity contribution >= 4 is 22.5 Å². The van der Waals surface area contributed by atoms with Crippen LogP contribution in [0.5, 0.6) is 5.75 Å². The van der Waals surface area contributed by atoms with Crippen LogP contribution in [-0.4, -0.2) is 4.98 Å². The predicted molar refractivity (Wildman–Crippen MR) is 85.4 cm³/mol. The van der Waals surface area contributed by atoms with Crippen LogP contribution in [0.1, 0.15) is 11.1 Å². The maximum atomic E-state index is 6.20. The van der Waals surface area contributed by atoms with Crippen molar-refractivity contribution in [2.75, 3.05) is 0 Å². The Hall–Kier alpha value is -2.10. The Bertz CT molecular complexity index is 768. The number of ether oxygens (including phenoxy) is 1. The molecule has 0 amide bonds. The third-order valence-corrected chi connectivity index (χ3v) is 3.65. The summed E-state index contributed by atoms with van der Waals surface area (Å²) in [5.74, 6) is 0.662. The number of halogens is 1. The van der Waals surface area contributed by atoms with Gasteiger partial charge < -0.3 is 10.5 Å². The molecule has 2 N–H and O–H groups in total. The number of nitrogens with zero attached hydrogens (tertiary/aromatic N) is 1. The fourth-order valence-electron chi connectivity index (χ4n) is 2.22. The first kappa shape index (κ1) is 13.9. The number of hydrogen-bond donors (Lipinski definition) is 1. The van der Waals surface area contributed by atoms with E-state index in [1.807, 2.05) is 48.5 Å². The van der Waals surface area contributed by atoms with Gasteiger partial charge >= 0.3 is 0 Å². The lowest BCUT2D eigenvalue weighted by Crippen LogP contribution is -1.99. The van der Waals surface area contributed by atoms with Gasteiger partial charge in [-0.3, -0.25) is 4.98 Å². The van der Waals surface area contributed by atoms with Gasteiger partial charge in [-0.15, -0.1) is 0 Å². The zero-order chi connectivity index (χ0) is 14.7. The van der Waals surface area contributed by atoms with Gasteiger partial charge in [0.2, 0.25) is 0 Å². The Balaban J connectivity index is 1.84. The zero-order valence-electron chi connectivity index (χ0n) is 11.4. The van der Waals surface area contributed by atoms with Gasteiger partial charge in [0.1, 0.15) is 12.4 Å². The lowest BCUT2D eigenvalue weighted by atomic mass is 10.1. The number of pyridine rings is 1. The molecule has 0 spiro atoms. The second kappa shape index (κ2) is 6.12. The first-order chi connectivity index (χ1) is 10.3. The molecule has 0 bridgehead atoms. The molecule has 0 saturated heterocycles. The van der Waals surface area contributed by atoms with E-state index in [0.717, 1.165) is 22.0 Å². The van der Waals surface area contributed by atoms with Gasteiger partial charge in [0.05, 0.1) is 10.5 Å². The molecule has 0 fully saturated rings. The Morgan fingerprint density at radius 2 is 1.95 bits per heavy atom. The van der Waals surface area contributed by atoms with E-state index in [9.17, 15) is 0 Å².